The molecule has 2 heterocycles. The fraction of sp³-hybridized carbons (Fsp3) is 0. The van der Waals surface area contributed by atoms with Gasteiger partial charge in [-0.1, -0.05) is 24.3 Å². The molecule has 0 bridgehead atoms. The van der Waals surface area contributed by atoms with Gasteiger partial charge >= 0.3 is 0 Å². The second-order valence-electron chi connectivity index (χ2n) is 6.19. The Bertz CT molecular complexity index is 1100. The van der Waals surface area contributed by atoms with Crippen LogP contribution in [0.15, 0.2) is 97.5 Å². The van der Waals surface area contributed by atoms with E-state index in [1.54, 1.807) is 42.9 Å². The van der Waals surface area contributed by atoms with Crippen LogP contribution in [0.1, 0.15) is 10.4 Å². The van der Waals surface area contributed by atoms with Crippen molar-refractivity contribution >= 4 is 23.1 Å². The van der Waals surface area contributed by atoms with Crippen LogP contribution in [-0.2, 0) is 0 Å². The van der Waals surface area contributed by atoms with Gasteiger partial charge in [0, 0.05) is 41.6 Å². The second kappa shape index (κ2) is 8.67. The minimum absolute atomic E-state index is 0.257. The summed E-state index contributed by atoms with van der Waals surface area (Å²) in [7, 11) is 0. The topological polar surface area (TPSA) is 76.1 Å². The average molecular weight is 382 g/mol. The first kappa shape index (κ1) is 18.2. The third kappa shape index (κ3) is 4.95. The largest absolute Gasteiger partial charge is 0.457 e. The molecule has 0 aliphatic carbocycles. The Kier molecular flexibility index (Phi) is 5.43. The number of para-hydroxylation sites is 1. The summed E-state index contributed by atoms with van der Waals surface area (Å²) in [6, 6.07) is 23.8. The Morgan fingerprint density at radius 1 is 0.759 bits per heavy atom. The Labute approximate surface area is 168 Å². The van der Waals surface area contributed by atoms with Crippen LogP contribution in [-0.4, -0.2) is 15.9 Å². The lowest BCUT2D eigenvalue weighted by atomic mass is 10.2. The van der Waals surface area contributed by atoms with E-state index >= 15 is 0 Å². The minimum atomic E-state index is -0.257. The Hall–Kier alpha value is -4.19. The molecule has 0 atom stereocenters. The molecule has 2 N–H and O–H groups in total. The minimum Gasteiger partial charge on any atom is -0.457 e. The molecule has 0 aliphatic rings. The fourth-order valence-electron chi connectivity index (χ4n) is 2.70. The number of carbonyl (C=O) groups is 1. The number of amides is 1. The number of carbonyl (C=O) groups excluding carboxylic acids is 1. The van der Waals surface area contributed by atoms with Crippen molar-refractivity contribution in [1.82, 2.24) is 9.97 Å². The maximum atomic E-state index is 12.7. The zero-order valence-electron chi connectivity index (χ0n) is 15.4. The molecule has 0 spiro atoms. The van der Waals surface area contributed by atoms with Crippen LogP contribution in [0.2, 0.25) is 0 Å². The van der Waals surface area contributed by atoms with Gasteiger partial charge in [0.2, 0.25) is 0 Å². The van der Waals surface area contributed by atoms with Gasteiger partial charge in [-0.05, 0) is 48.5 Å². The first-order chi connectivity index (χ1) is 14.3. The average Bonchev–Trinajstić information content (AvgIpc) is 2.76. The van der Waals surface area contributed by atoms with Crippen molar-refractivity contribution in [3.63, 3.8) is 0 Å². The van der Waals surface area contributed by atoms with E-state index in [2.05, 4.69) is 20.6 Å². The first-order valence-electron chi connectivity index (χ1n) is 9.04. The highest BCUT2D eigenvalue weighted by Crippen LogP contribution is 2.23. The smallest absolute Gasteiger partial charge is 0.256 e. The highest BCUT2D eigenvalue weighted by atomic mass is 16.5. The van der Waals surface area contributed by atoms with E-state index in [0.717, 1.165) is 11.4 Å². The van der Waals surface area contributed by atoms with Crippen molar-refractivity contribution in [2.75, 3.05) is 10.6 Å². The van der Waals surface area contributed by atoms with Crippen molar-refractivity contribution in [2.45, 2.75) is 0 Å². The number of benzene rings is 2. The summed E-state index contributed by atoms with van der Waals surface area (Å²) in [6.45, 7) is 0. The third-order valence-electron chi connectivity index (χ3n) is 4.05. The molecule has 2 aromatic heterocycles. The summed E-state index contributed by atoms with van der Waals surface area (Å²) >= 11 is 0. The maximum Gasteiger partial charge on any atom is 0.256 e. The van der Waals surface area contributed by atoms with Gasteiger partial charge in [-0.15, -0.1) is 0 Å². The van der Waals surface area contributed by atoms with Crippen LogP contribution in [0.4, 0.5) is 17.2 Å². The molecule has 0 aliphatic heterocycles. The van der Waals surface area contributed by atoms with Gasteiger partial charge in [0.1, 0.15) is 17.3 Å². The normalized spacial score (nSPS) is 10.2. The molecule has 6 nitrogen and oxygen atoms in total. The number of pyridine rings is 2. The summed E-state index contributed by atoms with van der Waals surface area (Å²) < 4.78 is 5.79. The molecule has 0 radical (unpaired) electrons. The molecule has 0 fully saturated rings. The molecule has 0 saturated carbocycles. The zero-order chi connectivity index (χ0) is 19.9. The third-order valence-corrected chi connectivity index (χ3v) is 4.05. The van der Waals surface area contributed by atoms with Gasteiger partial charge in [0.05, 0.1) is 0 Å². The zero-order valence-corrected chi connectivity index (χ0v) is 15.4. The van der Waals surface area contributed by atoms with Crippen molar-refractivity contribution in [3.05, 3.63) is 103 Å². The fourth-order valence-corrected chi connectivity index (χ4v) is 2.70. The quantitative estimate of drug-likeness (QED) is 0.475. The molecule has 0 unspecified atom stereocenters. The molecule has 1 amide bonds. The molecule has 142 valence electrons. The van der Waals surface area contributed by atoms with E-state index in [9.17, 15) is 4.79 Å². The van der Waals surface area contributed by atoms with Crippen molar-refractivity contribution in [1.29, 1.82) is 0 Å². The van der Waals surface area contributed by atoms with Gasteiger partial charge < -0.3 is 15.4 Å². The summed E-state index contributed by atoms with van der Waals surface area (Å²) in [5, 5.41) is 6.05. The second-order valence-corrected chi connectivity index (χ2v) is 6.19. The number of aromatic nitrogens is 2. The molecule has 29 heavy (non-hydrogen) atoms. The van der Waals surface area contributed by atoms with Gasteiger partial charge in [-0.25, -0.2) is 4.98 Å². The van der Waals surface area contributed by atoms with Gasteiger partial charge in [0.25, 0.3) is 5.91 Å². The number of rotatable bonds is 6. The Balaban J connectivity index is 1.45. The number of nitrogens with one attached hydrogen (secondary N) is 2. The van der Waals surface area contributed by atoms with Gasteiger partial charge in [0.15, 0.2) is 0 Å². The highest BCUT2D eigenvalue weighted by Gasteiger charge is 2.09. The Morgan fingerprint density at radius 3 is 2.41 bits per heavy atom. The number of nitrogens with zero attached hydrogens (tertiary/aromatic N) is 2. The Morgan fingerprint density at radius 2 is 1.59 bits per heavy atom. The summed E-state index contributed by atoms with van der Waals surface area (Å²) in [6.07, 6.45) is 5.00. The van der Waals surface area contributed by atoms with Gasteiger partial charge in [-0.3, -0.25) is 9.78 Å². The lowest BCUT2D eigenvalue weighted by molar-refractivity contribution is 0.102. The van der Waals surface area contributed by atoms with Crippen LogP contribution in [0.25, 0.3) is 0 Å². The molecule has 4 aromatic rings. The van der Waals surface area contributed by atoms with Crippen LogP contribution in [0, 0.1) is 0 Å². The SMILES string of the molecule is O=C(Nc1cc(Oc2ccccc2)ccn1)c1cccc(Nc2ccncc2)c1. The molecule has 2 aromatic carbocycles. The summed E-state index contributed by atoms with van der Waals surface area (Å²) in [5.41, 5.74) is 2.21. The monoisotopic (exact) mass is 382 g/mol. The first-order valence-corrected chi connectivity index (χ1v) is 9.04. The molecule has 0 saturated heterocycles. The highest BCUT2D eigenvalue weighted by molar-refractivity contribution is 6.04. The van der Waals surface area contributed by atoms with E-state index in [1.807, 2.05) is 54.6 Å². The van der Waals surface area contributed by atoms with Crippen LogP contribution in [0.5, 0.6) is 11.5 Å². The van der Waals surface area contributed by atoms with Crippen molar-refractivity contribution < 1.29 is 9.53 Å². The molecular weight excluding hydrogens is 364 g/mol. The van der Waals surface area contributed by atoms with E-state index in [1.165, 1.54) is 0 Å². The van der Waals surface area contributed by atoms with E-state index < -0.39 is 0 Å². The summed E-state index contributed by atoms with van der Waals surface area (Å²) in [5.74, 6) is 1.46. The van der Waals surface area contributed by atoms with E-state index in [0.29, 0.717) is 22.9 Å². The number of hydrogen-bond acceptors (Lipinski definition) is 5. The van der Waals surface area contributed by atoms with E-state index in [-0.39, 0.29) is 5.91 Å². The lowest BCUT2D eigenvalue weighted by Crippen LogP contribution is -2.13. The maximum absolute atomic E-state index is 12.7. The number of ether oxygens (including phenoxy) is 1. The molecular formula is C23H18N4O2. The molecule has 6 heteroatoms. The standard InChI is InChI=1S/C23H18N4O2/c28-23(17-5-4-6-19(15-17)26-18-9-12-24-13-10-18)27-22-16-21(11-14-25-22)29-20-7-2-1-3-8-20/h1-16H,(H,24,26)(H,25,27,28). The van der Waals surface area contributed by atoms with Crippen molar-refractivity contribution in [3.8, 4) is 11.5 Å². The summed E-state index contributed by atoms with van der Waals surface area (Å²) in [4.78, 5) is 20.9. The number of anilines is 3. The molecule has 4 rings (SSSR count). The van der Waals surface area contributed by atoms with Crippen LogP contribution < -0.4 is 15.4 Å². The number of hydrogen-bond donors (Lipinski definition) is 2. The van der Waals surface area contributed by atoms with Crippen molar-refractivity contribution in [2.24, 2.45) is 0 Å². The predicted octanol–water partition coefficient (Wildman–Crippen LogP) is 5.26. The predicted molar refractivity (Wildman–Crippen MR) is 113 cm³/mol. The van der Waals surface area contributed by atoms with Crippen LogP contribution in [0.3, 0.4) is 0 Å². The van der Waals surface area contributed by atoms with Crippen LogP contribution >= 0.6 is 0 Å². The lowest BCUT2D eigenvalue weighted by Gasteiger charge is -2.10. The van der Waals surface area contributed by atoms with E-state index in [4.69, 9.17) is 4.74 Å². The van der Waals surface area contributed by atoms with Gasteiger partial charge in [-0.2, -0.15) is 0 Å².